The number of hydrogen-bond donors (Lipinski definition) is 2. The number of carboxylic acid groups (broad SMARTS) is 2. The van der Waals surface area contributed by atoms with E-state index in [0.29, 0.717) is 0 Å². The topological polar surface area (TPSA) is 107 Å². The van der Waals surface area contributed by atoms with Gasteiger partial charge in [0.25, 0.3) is 0 Å². The third-order valence-corrected chi connectivity index (χ3v) is 3.96. The Bertz CT molecular complexity index is 648. The Kier molecular flexibility index (Phi) is 5.99. The van der Waals surface area contributed by atoms with Crippen LogP contribution >= 0.6 is 0 Å². The molecule has 8 nitrogen and oxygen atoms in total. The summed E-state index contributed by atoms with van der Waals surface area (Å²) < 4.78 is 5.22. The fourth-order valence-corrected chi connectivity index (χ4v) is 2.79. The van der Waals surface area contributed by atoms with Gasteiger partial charge in [0.05, 0.1) is 12.6 Å². The number of ether oxygens (including phenoxy) is 1. The molecule has 1 aromatic rings. The smallest absolute Gasteiger partial charge is 0.410 e. The molecule has 134 valence electrons. The summed E-state index contributed by atoms with van der Waals surface area (Å²) in [4.78, 5) is 37.3. The minimum absolute atomic E-state index is 0.0513. The van der Waals surface area contributed by atoms with E-state index in [9.17, 15) is 24.6 Å². The quantitative estimate of drug-likeness (QED) is 0.788. The van der Waals surface area contributed by atoms with Gasteiger partial charge in [0.1, 0.15) is 6.61 Å². The lowest BCUT2D eigenvalue weighted by Crippen LogP contribution is -2.63. The van der Waals surface area contributed by atoms with Gasteiger partial charge in [0.2, 0.25) is 0 Å². The molecule has 25 heavy (non-hydrogen) atoms. The molecular weight excluding hydrogens is 328 g/mol. The highest BCUT2D eigenvalue weighted by atomic mass is 16.6. The molecule has 1 aliphatic rings. The van der Waals surface area contributed by atoms with Gasteiger partial charge in [0, 0.05) is 6.54 Å². The van der Waals surface area contributed by atoms with E-state index in [4.69, 9.17) is 4.74 Å². The molecule has 2 unspecified atom stereocenters. The number of hydrogen-bond acceptors (Lipinski definition) is 4. The van der Waals surface area contributed by atoms with Crippen LogP contribution in [0.3, 0.4) is 0 Å². The predicted octanol–water partition coefficient (Wildman–Crippen LogP) is 2.02. The first-order valence-electron chi connectivity index (χ1n) is 7.74. The third kappa shape index (κ3) is 4.50. The van der Waals surface area contributed by atoms with Gasteiger partial charge in [-0.2, -0.15) is 0 Å². The molecule has 2 atom stereocenters. The number of rotatable bonds is 5. The average Bonchev–Trinajstić information content (AvgIpc) is 2.59. The molecule has 1 saturated heterocycles. The van der Waals surface area contributed by atoms with Crippen molar-refractivity contribution in [2.45, 2.75) is 25.1 Å². The molecule has 1 fully saturated rings. The maximum absolute atomic E-state index is 12.3. The van der Waals surface area contributed by atoms with Crippen molar-refractivity contribution >= 4 is 18.2 Å². The Balaban J connectivity index is 2.09. The van der Waals surface area contributed by atoms with Crippen LogP contribution in [0, 0.1) is 0 Å². The second kappa shape index (κ2) is 8.18. The zero-order valence-electron chi connectivity index (χ0n) is 13.6. The van der Waals surface area contributed by atoms with Crippen molar-refractivity contribution in [3.63, 3.8) is 0 Å². The zero-order valence-corrected chi connectivity index (χ0v) is 13.6. The van der Waals surface area contributed by atoms with Gasteiger partial charge in [-0.05, 0) is 12.0 Å². The Hall–Kier alpha value is -3.03. The van der Waals surface area contributed by atoms with Crippen molar-refractivity contribution < 1.29 is 29.3 Å². The summed E-state index contributed by atoms with van der Waals surface area (Å²) >= 11 is 0. The van der Waals surface area contributed by atoms with Crippen molar-refractivity contribution in [2.75, 3.05) is 13.1 Å². The van der Waals surface area contributed by atoms with Crippen molar-refractivity contribution in [3.05, 3.63) is 48.6 Å². The maximum Gasteiger partial charge on any atom is 0.410 e. The lowest BCUT2D eigenvalue weighted by molar-refractivity contribution is -0.146. The largest absolute Gasteiger partial charge is 0.480 e. The van der Waals surface area contributed by atoms with E-state index in [1.807, 2.05) is 18.2 Å². The van der Waals surface area contributed by atoms with E-state index in [2.05, 4.69) is 6.58 Å². The van der Waals surface area contributed by atoms with Crippen molar-refractivity contribution in [1.82, 2.24) is 9.80 Å². The highest BCUT2D eigenvalue weighted by Gasteiger charge is 2.42. The van der Waals surface area contributed by atoms with Crippen LogP contribution in [-0.2, 0) is 16.1 Å². The van der Waals surface area contributed by atoms with E-state index in [1.165, 1.54) is 11.0 Å². The van der Waals surface area contributed by atoms with Gasteiger partial charge in [-0.1, -0.05) is 36.4 Å². The monoisotopic (exact) mass is 348 g/mol. The predicted molar refractivity (Wildman–Crippen MR) is 88.1 cm³/mol. The van der Waals surface area contributed by atoms with Gasteiger partial charge in [-0.15, -0.1) is 6.58 Å². The first kappa shape index (κ1) is 18.3. The highest BCUT2D eigenvalue weighted by Crippen LogP contribution is 2.20. The number of carboxylic acids is 1. The number of carbonyl (C=O) groups is 3. The molecule has 2 N–H and O–H groups in total. The van der Waals surface area contributed by atoms with E-state index in [0.717, 1.165) is 10.5 Å². The molecule has 2 amide bonds. The Morgan fingerprint density at radius 2 is 1.88 bits per heavy atom. The van der Waals surface area contributed by atoms with Crippen LogP contribution in [0.25, 0.3) is 0 Å². The van der Waals surface area contributed by atoms with Gasteiger partial charge in [0.15, 0.2) is 6.04 Å². The molecule has 0 aromatic heterocycles. The standard InChI is InChI=1S/C17H20N2O6/c1-2-6-13-9-18(10-14(15(20)21)19(13)16(22)23)17(24)25-11-12-7-4-3-5-8-12/h2-5,7-8,13-14H,1,6,9-11H2,(H,20,21)(H,22,23). The lowest BCUT2D eigenvalue weighted by atomic mass is 10.0. The van der Waals surface area contributed by atoms with Crippen molar-refractivity contribution in [2.24, 2.45) is 0 Å². The minimum Gasteiger partial charge on any atom is -0.480 e. The molecule has 1 aromatic carbocycles. The fraction of sp³-hybridized carbons (Fsp3) is 0.353. The van der Waals surface area contributed by atoms with Crippen LogP contribution in [0.2, 0.25) is 0 Å². The lowest BCUT2D eigenvalue weighted by Gasteiger charge is -2.42. The average molecular weight is 348 g/mol. The number of carbonyl (C=O) groups excluding carboxylic acids is 1. The molecule has 2 rings (SSSR count). The van der Waals surface area contributed by atoms with Gasteiger partial charge >= 0.3 is 18.2 Å². The van der Waals surface area contributed by atoms with Crippen molar-refractivity contribution in [1.29, 1.82) is 0 Å². The molecule has 0 bridgehead atoms. The molecule has 1 heterocycles. The van der Waals surface area contributed by atoms with Crippen LogP contribution in [0.1, 0.15) is 12.0 Å². The maximum atomic E-state index is 12.3. The van der Waals surface area contributed by atoms with Crippen LogP contribution < -0.4 is 0 Å². The highest BCUT2D eigenvalue weighted by molar-refractivity contribution is 5.81. The van der Waals surface area contributed by atoms with Crippen LogP contribution in [-0.4, -0.2) is 63.3 Å². The summed E-state index contributed by atoms with van der Waals surface area (Å²) in [7, 11) is 0. The van der Waals surface area contributed by atoms with E-state index in [1.54, 1.807) is 12.1 Å². The van der Waals surface area contributed by atoms with Crippen LogP contribution in [0.5, 0.6) is 0 Å². The number of aliphatic carboxylic acids is 1. The second-order valence-electron chi connectivity index (χ2n) is 5.67. The van der Waals surface area contributed by atoms with Crippen molar-refractivity contribution in [3.8, 4) is 0 Å². The Morgan fingerprint density at radius 3 is 2.44 bits per heavy atom. The SMILES string of the molecule is C=CCC1CN(C(=O)OCc2ccccc2)CC(C(=O)O)N1C(=O)O. The molecule has 0 aliphatic carbocycles. The molecule has 1 aliphatic heterocycles. The first-order chi connectivity index (χ1) is 11.9. The summed E-state index contributed by atoms with van der Waals surface area (Å²) in [5.41, 5.74) is 0.803. The van der Waals surface area contributed by atoms with Gasteiger partial charge in [-0.3, -0.25) is 4.90 Å². The third-order valence-electron chi connectivity index (χ3n) is 3.96. The van der Waals surface area contributed by atoms with E-state index in [-0.39, 0.29) is 26.1 Å². The zero-order chi connectivity index (χ0) is 18.4. The Labute approximate surface area is 144 Å². The van der Waals surface area contributed by atoms with Crippen LogP contribution in [0.4, 0.5) is 9.59 Å². The molecule has 8 heteroatoms. The number of nitrogens with zero attached hydrogens (tertiary/aromatic N) is 2. The summed E-state index contributed by atoms with van der Waals surface area (Å²) in [6.45, 7) is 3.41. The minimum atomic E-state index is -1.35. The summed E-state index contributed by atoms with van der Waals surface area (Å²) in [5, 5.41) is 18.7. The van der Waals surface area contributed by atoms with Gasteiger partial charge in [-0.25, -0.2) is 14.4 Å². The molecule has 0 radical (unpaired) electrons. The number of amides is 2. The van der Waals surface area contributed by atoms with Gasteiger partial charge < -0.3 is 19.8 Å². The normalized spacial score (nSPS) is 20.0. The first-order valence-corrected chi connectivity index (χ1v) is 7.74. The number of piperazine rings is 1. The molecule has 0 saturated carbocycles. The van der Waals surface area contributed by atoms with E-state index < -0.39 is 30.2 Å². The molecular formula is C17H20N2O6. The summed E-state index contributed by atoms with van der Waals surface area (Å²) in [6.07, 6.45) is -0.276. The Morgan fingerprint density at radius 1 is 1.20 bits per heavy atom. The fourth-order valence-electron chi connectivity index (χ4n) is 2.79. The van der Waals surface area contributed by atoms with Crippen LogP contribution in [0.15, 0.2) is 43.0 Å². The number of benzene rings is 1. The summed E-state index contributed by atoms with van der Waals surface area (Å²) in [5.74, 6) is -1.31. The second-order valence-corrected chi connectivity index (χ2v) is 5.67. The van der Waals surface area contributed by atoms with E-state index >= 15 is 0 Å². The molecule has 0 spiro atoms. The summed E-state index contributed by atoms with van der Waals surface area (Å²) in [6, 6.07) is 7.04.